The summed E-state index contributed by atoms with van der Waals surface area (Å²) in [6.45, 7) is 1.66. The first-order valence-corrected chi connectivity index (χ1v) is 7.81. The summed E-state index contributed by atoms with van der Waals surface area (Å²) in [5.74, 6) is -0.167. The van der Waals surface area contributed by atoms with Crippen LogP contribution in [0.15, 0.2) is 44.7 Å². The minimum absolute atomic E-state index is 0.0216. The third-order valence-electron chi connectivity index (χ3n) is 3.18. The van der Waals surface area contributed by atoms with Crippen molar-refractivity contribution in [3.63, 3.8) is 0 Å². The number of sulfone groups is 1. The van der Waals surface area contributed by atoms with Crippen molar-refractivity contribution < 1.29 is 22.5 Å². The average molecular weight is 320 g/mol. The lowest BCUT2D eigenvalue weighted by Crippen LogP contribution is -2.20. The first-order valence-electron chi connectivity index (χ1n) is 6.32. The van der Waals surface area contributed by atoms with E-state index >= 15 is 0 Å². The Morgan fingerprint density at radius 1 is 1.32 bits per heavy atom. The molecule has 0 spiro atoms. The van der Waals surface area contributed by atoms with Crippen LogP contribution in [0.4, 0.5) is 5.82 Å². The van der Waals surface area contributed by atoms with Crippen molar-refractivity contribution in [2.75, 3.05) is 12.4 Å². The molecule has 3 rings (SSSR count). The van der Waals surface area contributed by atoms with E-state index in [9.17, 15) is 13.2 Å². The summed E-state index contributed by atoms with van der Waals surface area (Å²) in [6, 6.07) is 7.77. The number of fused-ring (bicyclic) bond motifs is 1. The lowest BCUT2D eigenvalue weighted by atomic mass is 10.2. The van der Waals surface area contributed by atoms with Gasteiger partial charge in [0, 0.05) is 11.6 Å². The monoisotopic (exact) mass is 320 g/mol. The second-order valence-corrected chi connectivity index (χ2v) is 6.49. The number of carbonyl (C=O) groups is 1. The molecular weight excluding hydrogens is 308 g/mol. The number of nitrogens with zero attached hydrogens (tertiary/aromatic N) is 1. The van der Waals surface area contributed by atoms with Crippen LogP contribution in [0.25, 0.3) is 5.76 Å². The normalized spacial score (nSPS) is 15.5. The maximum absolute atomic E-state index is 12.5. The summed E-state index contributed by atoms with van der Waals surface area (Å²) in [6.07, 6.45) is 0. The molecule has 2 heterocycles. The summed E-state index contributed by atoms with van der Waals surface area (Å²) < 4.78 is 35.1. The summed E-state index contributed by atoms with van der Waals surface area (Å²) in [7, 11) is -2.62. The van der Waals surface area contributed by atoms with Crippen molar-refractivity contribution in [1.82, 2.24) is 5.16 Å². The Hall–Kier alpha value is -2.61. The molecule has 1 amide bonds. The van der Waals surface area contributed by atoms with Gasteiger partial charge in [0.05, 0.1) is 12.0 Å². The van der Waals surface area contributed by atoms with E-state index in [0.29, 0.717) is 11.3 Å². The van der Waals surface area contributed by atoms with Crippen molar-refractivity contribution in [3.05, 3.63) is 46.6 Å². The molecule has 0 radical (unpaired) electrons. The number of nitrogens with one attached hydrogen (secondary N) is 1. The Morgan fingerprint density at radius 2 is 2.05 bits per heavy atom. The fraction of sp³-hybridized carbons (Fsp3) is 0.143. The largest absolute Gasteiger partial charge is 0.494 e. The predicted octanol–water partition coefficient (Wildman–Crippen LogP) is 1.72. The molecule has 1 aliphatic rings. The van der Waals surface area contributed by atoms with Crippen molar-refractivity contribution in [2.45, 2.75) is 11.8 Å². The fourth-order valence-electron chi connectivity index (χ4n) is 2.27. The van der Waals surface area contributed by atoms with E-state index in [1.807, 2.05) is 0 Å². The molecule has 0 saturated heterocycles. The van der Waals surface area contributed by atoms with Gasteiger partial charge in [-0.05, 0) is 19.1 Å². The summed E-state index contributed by atoms with van der Waals surface area (Å²) in [5.41, 5.74) is 0.367. The third kappa shape index (κ3) is 2.08. The Bertz CT molecular complexity index is 895. The van der Waals surface area contributed by atoms with E-state index in [4.69, 9.17) is 9.26 Å². The van der Waals surface area contributed by atoms with Gasteiger partial charge in [0.2, 0.25) is 9.84 Å². The van der Waals surface area contributed by atoms with E-state index in [2.05, 4.69) is 10.5 Å². The highest BCUT2D eigenvalue weighted by Gasteiger charge is 2.41. The van der Waals surface area contributed by atoms with Gasteiger partial charge in [-0.25, -0.2) is 8.42 Å². The van der Waals surface area contributed by atoms with Crippen molar-refractivity contribution >= 4 is 27.3 Å². The summed E-state index contributed by atoms with van der Waals surface area (Å²) in [5, 5.41) is 6.01. The van der Waals surface area contributed by atoms with Crippen molar-refractivity contribution in [3.8, 4) is 0 Å². The molecule has 1 N–H and O–H groups in total. The number of hydrogen-bond acceptors (Lipinski definition) is 6. The molecule has 8 heteroatoms. The smallest absolute Gasteiger partial charge is 0.272 e. The fourth-order valence-corrected chi connectivity index (χ4v) is 3.93. The molecule has 1 aromatic heterocycles. The van der Waals surface area contributed by atoms with E-state index in [0.717, 1.165) is 0 Å². The number of amides is 1. The van der Waals surface area contributed by atoms with Crippen LogP contribution in [0.5, 0.6) is 0 Å². The molecule has 1 aromatic carbocycles. The minimum atomic E-state index is -3.94. The SMILES string of the molecule is COC1=C(C(=O)Nc2cc(C)on2)S(=O)(=O)c2ccccc21. The molecule has 0 bridgehead atoms. The zero-order valence-electron chi connectivity index (χ0n) is 11.8. The predicted molar refractivity (Wildman–Crippen MR) is 77.4 cm³/mol. The average Bonchev–Trinajstić information content (AvgIpc) is 2.98. The standard InChI is InChI=1S/C14H12N2O5S/c1-8-7-11(16-21-8)15-14(17)13-12(20-2)9-5-3-4-6-10(9)22(13,18)19/h3-7H,1-2H3,(H,15,16,17). The molecule has 114 valence electrons. The minimum Gasteiger partial charge on any atom is -0.494 e. The maximum atomic E-state index is 12.5. The van der Waals surface area contributed by atoms with E-state index in [1.54, 1.807) is 25.1 Å². The van der Waals surface area contributed by atoms with Crippen LogP contribution >= 0.6 is 0 Å². The van der Waals surface area contributed by atoms with Crippen LogP contribution in [-0.2, 0) is 19.4 Å². The summed E-state index contributed by atoms with van der Waals surface area (Å²) >= 11 is 0. The Morgan fingerprint density at radius 3 is 2.68 bits per heavy atom. The molecule has 0 aliphatic carbocycles. The second-order valence-electron chi connectivity index (χ2n) is 4.64. The highest BCUT2D eigenvalue weighted by atomic mass is 32.2. The first kappa shape index (κ1) is 14.3. The van der Waals surface area contributed by atoms with Crippen LogP contribution in [0, 0.1) is 6.92 Å². The van der Waals surface area contributed by atoms with E-state index in [1.165, 1.54) is 19.2 Å². The molecule has 1 aliphatic heterocycles. The molecule has 2 aromatic rings. The van der Waals surface area contributed by atoms with Gasteiger partial charge in [0.1, 0.15) is 5.76 Å². The molecule has 0 saturated carbocycles. The number of rotatable bonds is 3. The van der Waals surface area contributed by atoms with Gasteiger partial charge in [-0.3, -0.25) is 4.79 Å². The molecule has 7 nitrogen and oxygen atoms in total. The van der Waals surface area contributed by atoms with Crippen LogP contribution in [0.1, 0.15) is 11.3 Å². The Kier molecular flexibility index (Phi) is 3.25. The molecule has 0 unspecified atom stereocenters. The highest BCUT2D eigenvalue weighted by Crippen LogP contribution is 2.39. The molecule has 0 fully saturated rings. The Labute approximate surface area is 126 Å². The number of methoxy groups -OCH3 is 1. The van der Waals surface area contributed by atoms with Crippen molar-refractivity contribution in [1.29, 1.82) is 0 Å². The van der Waals surface area contributed by atoms with Gasteiger partial charge < -0.3 is 14.6 Å². The van der Waals surface area contributed by atoms with Crippen LogP contribution < -0.4 is 5.32 Å². The molecule has 0 atom stereocenters. The van der Waals surface area contributed by atoms with Gasteiger partial charge in [0.15, 0.2) is 16.5 Å². The number of ether oxygens (including phenoxy) is 1. The van der Waals surface area contributed by atoms with Gasteiger partial charge in [0.25, 0.3) is 5.91 Å². The zero-order valence-corrected chi connectivity index (χ0v) is 12.6. The quantitative estimate of drug-likeness (QED) is 0.924. The van der Waals surface area contributed by atoms with Crippen LogP contribution in [-0.4, -0.2) is 26.6 Å². The van der Waals surface area contributed by atoms with Crippen molar-refractivity contribution in [2.24, 2.45) is 0 Å². The highest BCUT2D eigenvalue weighted by molar-refractivity contribution is 7.97. The number of hydrogen-bond donors (Lipinski definition) is 1. The topological polar surface area (TPSA) is 98.5 Å². The van der Waals surface area contributed by atoms with Gasteiger partial charge in [-0.15, -0.1) is 0 Å². The van der Waals surface area contributed by atoms with Gasteiger partial charge in [-0.1, -0.05) is 17.3 Å². The number of anilines is 1. The van der Waals surface area contributed by atoms with Crippen LogP contribution in [0.2, 0.25) is 0 Å². The van der Waals surface area contributed by atoms with Gasteiger partial charge >= 0.3 is 0 Å². The maximum Gasteiger partial charge on any atom is 0.272 e. The number of carbonyl (C=O) groups excluding carboxylic acids is 1. The van der Waals surface area contributed by atoms with E-state index in [-0.39, 0.29) is 16.5 Å². The molecular formula is C14H12N2O5S. The third-order valence-corrected chi connectivity index (χ3v) is 5.02. The molecule has 22 heavy (non-hydrogen) atoms. The summed E-state index contributed by atoms with van der Waals surface area (Å²) in [4.78, 5) is 12.0. The lowest BCUT2D eigenvalue weighted by molar-refractivity contribution is -0.112. The number of aromatic nitrogens is 1. The van der Waals surface area contributed by atoms with Gasteiger partial charge in [-0.2, -0.15) is 0 Å². The lowest BCUT2D eigenvalue weighted by Gasteiger charge is -2.05. The first-order chi connectivity index (χ1) is 10.4. The zero-order chi connectivity index (χ0) is 15.9. The number of benzene rings is 1. The number of aryl methyl sites for hydroxylation is 1. The second kappa shape index (κ2) is 4.99. The van der Waals surface area contributed by atoms with E-state index < -0.39 is 20.6 Å². The Balaban J connectivity index is 2.07. The van der Waals surface area contributed by atoms with Crippen LogP contribution in [0.3, 0.4) is 0 Å².